The van der Waals surface area contributed by atoms with Gasteiger partial charge in [0.25, 0.3) is 0 Å². The van der Waals surface area contributed by atoms with Gasteiger partial charge in [-0.1, -0.05) is 20.8 Å². The molecule has 2 rings (SSSR count). The van der Waals surface area contributed by atoms with Crippen molar-refractivity contribution in [2.24, 2.45) is 18.9 Å². The normalized spacial score (nSPS) is 29.3. The molecule has 0 aromatic carbocycles. The van der Waals surface area contributed by atoms with Gasteiger partial charge in [0.1, 0.15) is 0 Å². The lowest BCUT2D eigenvalue weighted by Crippen LogP contribution is -2.30. The summed E-state index contributed by atoms with van der Waals surface area (Å²) in [6.45, 7) is 6.91. The summed E-state index contributed by atoms with van der Waals surface area (Å²) in [6.07, 6.45) is 7.08. The second-order valence-corrected chi connectivity index (χ2v) is 5.78. The lowest BCUT2D eigenvalue weighted by atomic mass is 9.80. The highest BCUT2D eigenvalue weighted by atomic mass is 15.3. The molecule has 1 saturated carbocycles. The molecule has 1 aliphatic rings. The zero-order valence-electron chi connectivity index (χ0n) is 11.5. The number of aromatic nitrogens is 2. The maximum absolute atomic E-state index is 4.49. The first-order valence-corrected chi connectivity index (χ1v) is 6.87. The fraction of sp³-hybridized carbons (Fsp3) is 0.786. The van der Waals surface area contributed by atoms with Gasteiger partial charge in [0.05, 0.1) is 11.4 Å². The van der Waals surface area contributed by atoms with E-state index in [1.807, 2.05) is 11.7 Å². The number of nitrogens with zero attached hydrogens (tertiary/aromatic N) is 2. The highest BCUT2D eigenvalue weighted by Crippen LogP contribution is 2.31. The maximum atomic E-state index is 4.49. The second kappa shape index (κ2) is 5.11. The minimum atomic E-state index is 0.628. The molecule has 1 heterocycles. The van der Waals surface area contributed by atoms with Gasteiger partial charge in [-0.25, -0.2) is 0 Å². The monoisotopic (exact) mass is 235 g/mol. The molecule has 96 valence electrons. The first-order chi connectivity index (χ1) is 8.08. The SMILES string of the molecule is CCc1nn(C)cc1NC1CC(C)CC(C)C1. The van der Waals surface area contributed by atoms with Crippen molar-refractivity contribution >= 4 is 5.69 Å². The Labute approximate surface area is 105 Å². The van der Waals surface area contributed by atoms with E-state index in [0.717, 1.165) is 18.3 Å². The molecule has 1 aromatic heterocycles. The molecule has 1 aliphatic carbocycles. The molecule has 2 atom stereocenters. The Morgan fingerprint density at radius 1 is 1.29 bits per heavy atom. The summed E-state index contributed by atoms with van der Waals surface area (Å²) in [4.78, 5) is 0. The molecular weight excluding hydrogens is 210 g/mol. The number of hydrogen-bond donors (Lipinski definition) is 1. The summed E-state index contributed by atoms with van der Waals surface area (Å²) in [5.74, 6) is 1.69. The summed E-state index contributed by atoms with van der Waals surface area (Å²) < 4.78 is 1.91. The minimum Gasteiger partial charge on any atom is -0.380 e. The van der Waals surface area contributed by atoms with E-state index < -0.39 is 0 Å². The molecule has 3 nitrogen and oxygen atoms in total. The van der Waals surface area contributed by atoms with Crippen LogP contribution in [0.4, 0.5) is 5.69 Å². The van der Waals surface area contributed by atoms with E-state index in [-0.39, 0.29) is 0 Å². The van der Waals surface area contributed by atoms with E-state index in [0.29, 0.717) is 6.04 Å². The third-order valence-electron chi connectivity index (χ3n) is 3.78. The lowest BCUT2D eigenvalue weighted by Gasteiger charge is -2.32. The Morgan fingerprint density at radius 3 is 2.53 bits per heavy atom. The molecule has 0 bridgehead atoms. The highest BCUT2D eigenvalue weighted by Gasteiger charge is 2.24. The van der Waals surface area contributed by atoms with Crippen LogP contribution in [0.15, 0.2) is 6.20 Å². The summed E-state index contributed by atoms with van der Waals surface area (Å²) in [7, 11) is 2.00. The largest absolute Gasteiger partial charge is 0.380 e. The van der Waals surface area contributed by atoms with Crippen LogP contribution in [-0.2, 0) is 13.5 Å². The van der Waals surface area contributed by atoms with Crippen LogP contribution in [0.1, 0.15) is 45.7 Å². The van der Waals surface area contributed by atoms with Gasteiger partial charge in [-0.3, -0.25) is 4.68 Å². The molecule has 2 unspecified atom stereocenters. The van der Waals surface area contributed by atoms with E-state index in [1.54, 1.807) is 0 Å². The Balaban J connectivity index is 2.04. The third-order valence-corrected chi connectivity index (χ3v) is 3.78. The minimum absolute atomic E-state index is 0.628. The van der Waals surface area contributed by atoms with Gasteiger partial charge in [-0.2, -0.15) is 5.10 Å². The average molecular weight is 235 g/mol. The van der Waals surface area contributed by atoms with Crippen LogP contribution in [0.25, 0.3) is 0 Å². The fourth-order valence-corrected chi connectivity index (χ4v) is 3.20. The Bertz CT molecular complexity index is 360. The summed E-state index contributed by atoms with van der Waals surface area (Å²) >= 11 is 0. The highest BCUT2D eigenvalue weighted by molar-refractivity contribution is 5.47. The summed E-state index contributed by atoms with van der Waals surface area (Å²) in [5.41, 5.74) is 2.43. The topological polar surface area (TPSA) is 29.9 Å². The lowest BCUT2D eigenvalue weighted by molar-refractivity contribution is 0.281. The molecule has 0 amide bonds. The van der Waals surface area contributed by atoms with E-state index >= 15 is 0 Å². The fourth-order valence-electron chi connectivity index (χ4n) is 3.20. The van der Waals surface area contributed by atoms with E-state index in [1.165, 1.54) is 30.6 Å². The second-order valence-electron chi connectivity index (χ2n) is 5.78. The third kappa shape index (κ3) is 3.02. The molecule has 0 spiro atoms. The molecule has 0 saturated heterocycles. The van der Waals surface area contributed by atoms with Gasteiger partial charge in [0.2, 0.25) is 0 Å². The molecule has 0 aliphatic heterocycles. The standard InChI is InChI=1S/C14H25N3/c1-5-13-14(9-17(4)16-13)15-12-7-10(2)6-11(3)8-12/h9-12,15H,5-8H2,1-4H3. The van der Waals surface area contributed by atoms with Crippen molar-refractivity contribution in [1.29, 1.82) is 0 Å². The van der Waals surface area contributed by atoms with Gasteiger partial charge in [-0.15, -0.1) is 0 Å². The Morgan fingerprint density at radius 2 is 1.94 bits per heavy atom. The van der Waals surface area contributed by atoms with Crippen LogP contribution < -0.4 is 5.32 Å². The quantitative estimate of drug-likeness (QED) is 0.871. The van der Waals surface area contributed by atoms with Gasteiger partial charge in [0.15, 0.2) is 0 Å². The van der Waals surface area contributed by atoms with Gasteiger partial charge >= 0.3 is 0 Å². The predicted molar refractivity (Wildman–Crippen MR) is 72.2 cm³/mol. The summed E-state index contributed by atoms with van der Waals surface area (Å²) in [6, 6.07) is 0.628. The zero-order valence-corrected chi connectivity index (χ0v) is 11.5. The van der Waals surface area contributed by atoms with Crippen molar-refractivity contribution < 1.29 is 0 Å². The van der Waals surface area contributed by atoms with Crippen molar-refractivity contribution in [3.63, 3.8) is 0 Å². The smallest absolute Gasteiger partial charge is 0.0853 e. The first-order valence-electron chi connectivity index (χ1n) is 6.87. The van der Waals surface area contributed by atoms with E-state index in [2.05, 4.69) is 37.4 Å². The van der Waals surface area contributed by atoms with Crippen LogP contribution in [-0.4, -0.2) is 15.8 Å². The molecule has 1 N–H and O–H groups in total. The van der Waals surface area contributed by atoms with Crippen molar-refractivity contribution in [2.75, 3.05) is 5.32 Å². The maximum Gasteiger partial charge on any atom is 0.0853 e. The molecular formula is C14H25N3. The zero-order chi connectivity index (χ0) is 12.4. The summed E-state index contributed by atoms with van der Waals surface area (Å²) in [5, 5.41) is 8.19. The number of anilines is 1. The van der Waals surface area contributed by atoms with Crippen molar-refractivity contribution in [3.05, 3.63) is 11.9 Å². The van der Waals surface area contributed by atoms with Gasteiger partial charge in [0, 0.05) is 19.3 Å². The molecule has 1 aromatic rings. The van der Waals surface area contributed by atoms with Crippen LogP contribution in [0.2, 0.25) is 0 Å². The van der Waals surface area contributed by atoms with Crippen LogP contribution in [0, 0.1) is 11.8 Å². The van der Waals surface area contributed by atoms with Crippen molar-refractivity contribution in [3.8, 4) is 0 Å². The molecule has 17 heavy (non-hydrogen) atoms. The Hall–Kier alpha value is -0.990. The van der Waals surface area contributed by atoms with Crippen LogP contribution in [0.5, 0.6) is 0 Å². The van der Waals surface area contributed by atoms with Crippen molar-refractivity contribution in [1.82, 2.24) is 9.78 Å². The van der Waals surface area contributed by atoms with Gasteiger partial charge in [-0.05, 0) is 37.5 Å². The average Bonchev–Trinajstić information content (AvgIpc) is 2.57. The number of rotatable bonds is 3. The van der Waals surface area contributed by atoms with Crippen LogP contribution in [0.3, 0.4) is 0 Å². The van der Waals surface area contributed by atoms with Crippen molar-refractivity contribution in [2.45, 2.75) is 52.5 Å². The number of nitrogens with one attached hydrogen (secondary N) is 1. The number of aryl methyl sites for hydroxylation is 2. The van der Waals surface area contributed by atoms with E-state index in [4.69, 9.17) is 0 Å². The Kier molecular flexibility index (Phi) is 3.75. The molecule has 0 radical (unpaired) electrons. The molecule has 3 heteroatoms. The first kappa shape index (κ1) is 12.5. The van der Waals surface area contributed by atoms with Gasteiger partial charge < -0.3 is 5.32 Å². The number of hydrogen-bond acceptors (Lipinski definition) is 2. The molecule has 1 fully saturated rings. The van der Waals surface area contributed by atoms with Crippen LogP contribution >= 0.6 is 0 Å². The van der Waals surface area contributed by atoms with E-state index in [9.17, 15) is 0 Å². The predicted octanol–water partition coefficient (Wildman–Crippen LogP) is 3.22.